The van der Waals surface area contributed by atoms with E-state index in [0.29, 0.717) is 5.56 Å². The Morgan fingerprint density at radius 2 is 1.45 bits per heavy atom. The van der Waals surface area contributed by atoms with Gasteiger partial charge in [0.2, 0.25) is 0 Å². The lowest BCUT2D eigenvalue weighted by Crippen LogP contribution is -2.44. The first-order chi connectivity index (χ1) is 15.6. The van der Waals surface area contributed by atoms with Gasteiger partial charge in [0.25, 0.3) is 0 Å². The Morgan fingerprint density at radius 1 is 0.879 bits per heavy atom. The number of esters is 1. The molecule has 1 aromatic carbocycles. The van der Waals surface area contributed by atoms with Crippen LogP contribution in [0.25, 0.3) is 0 Å². The molecular weight excluding hydrogens is 443 g/mol. The van der Waals surface area contributed by atoms with Crippen molar-refractivity contribution in [3.63, 3.8) is 0 Å². The minimum atomic E-state index is -5.51. The molecule has 0 aliphatic heterocycles. The molecular formula is C25H33F5O3. The van der Waals surface area contributed by atoms with Crippen molar-refractivity contribution in [2.45, 2.75) is 101 Å². The average molecular weight is 477 g/mol. The SMILES string of the molecule is CCCCOC1CCC(OC(=O)c2ccc(C3CCC(C(F)(F)C(F)(F)F)CC3)cc2)CC1. The van der Waals surface area contributed by atoms with Gasteiger partial charge in [-0.25, -0.2) is 4.79 Å². The van der Waals surface area contributed by atoms with Crippen molar-refractivity contribution in [3.8, 4) is 0 Å². The van der Waals surface area contributed by atoms with Gasteiger partial charge >= 0.3 is 18.1 Å². The molecule has 0 N–H and O–H groups in total. The molecule has 1 aromatic rings. The lowest BCUT2D eigenvalue weighted by Gasteiger charge is -2.34. The van der Waals surface area contributed by atoms with Gasteiger partial charge in [-0.15, -0.1) is 0 Å². The van der Waals surface area contributed by atoms with E-state index in [1.807, 2.05) is 0 Å². The van der Waals surface area contributed by atoms with Crippen LogP contribution in [0.15, 0.2) is 24.3 Å². The first kappa shape index (κ1) is 25.9. The number of hydrogen-bond acceptors (Lipinski definition) is 3. The van der Waals surface area contributed by atoms with E-state index < -0.39 is 24.0 Å². The summed E-state index contributed by atoms with van der Waals surface area (Å²) in [6, 6.07) is 6.80. The number of benzene rings is 1. The van der Waals surface area contributed by atoms with Crippen molar-refractivity contribution >= 4 is 5.97 Å². The maximum Gasteiger partial charge on any atom is 0.453 e. The van der Waals surface area contributed by atoms with Gasteiger partial charge in [-0.1, -0.05) is 25.5 Å². The summed E-state index contributed by atoms with van der Waals surface area (Å²) in [6.45, 7) is 2.89. The van der Waals surface area contributed by atoms with Gasteiger partial charge in [0, 0.05) is 12.5 Å². The summed E-state index contributed by atoms with van der Waals surface area (Å²) in [5, 5.41) is 0. The van der Waals surface area contributed by atoms with Crippen LogP contribution in [-0.4, -0.2) is 36.9 Å². The summed E-state index contributed by atoms with van der Waals surface area (Å²) < 4.78 is 76.5. The first-order valence-electron chi connectivity index (χ1n) is 12.0. The Labute approximate surface area is 192 Å². The predicted molar refractivity (Wildman–Crippen MR) is 114 cm³/mol. The third-order valence-corrected chi connectivity index (χ3v) is 6.98. The Bertz CT molecular complexity index is 746. The molecule has 0 amide bonds. The molecule has 2 saturated carbocycles. The number of rotatable bonds is 8. The molecule has 186 valence electrons. The minimum Gasteiger partial charge on any atom is -0.459 e. The molecule has 0 unspecified atom stereocenters. The average Bonchev–Trinajstić information content (AvgIpc) is 2.80. The summed E-state index contributed by atoms with van der Waals surface area (Å²) in [5.74, 6) is -6.80. The van der Waals surface area contributed by atoms with Crippen LogP contribution in [0.4, 0.5) is 22.0 Å². The second-order valence-corrected chi connectivity index (χ2v) is 9.32. The highest BCUT2D eigenvalue weighted by Gasteiger charge is 2.62. The summed E-state index contributed by atoms with van der Waals surface area (Å²) in [5.41, 5.74) is 1.27. The van der Waals surface area contributed by atoms with Crippen molar-refractivity contribution in [2.75, 3.05) is 6.61 Å². The third kappa shape index (κ3) is 6.67. The topological polar surface area (TPSA) is 35.5 Å². The molecule has 2 fully saturated rings. The molecule has 0 heterocycles. The van der Waals surface area contributed by atoms with Crippen LogP contribution < -0.4 is 0 Å². The molecule has 0 atom stereocenters. The van der Waals surface area contributed by atoms with E-state index in [0.717, 1.165) is 50.7 Å². The van der Waals surface area contributed by atoms with E-state index in [-0.39, 0.29) is 43.8 Å². The fourth-order valence-electron chi connectivity index (χ4n) is 4.84. The molecule has 0 bridgehead atoms. The van der Waals surface area contributed by atoms with Crippen LogP contribution in [0.5, 0.6) is 0 Å². The smallest absolute Gasteiger partial charge is 0.453 e. The lowest BCUT2D eigenvalue weighted by atomic mass is 9.76. The largest absolute Gasteiger partial charge is 0.459 e. The maximum atomic E-state index is 13.6. The van der Waals surface area contributed by atoms with Gasteiger partial charge < -0.3 is 9.47 Å². The van der Waals surface area contributed by atoms with Gasteiger partial charge in [0.05, 0.1) is 11.7 Å². The van der Waals surface area contributed by atoms with Crippen LogP contribution in [0.2, 0.25) is 0 Å². The van der Waals surface area contributed by atoms with Crippen molar-refractivity contribution in [1.82, 2.24) is 0 Å². The summed E-state index contributed by atoms with van der Waals surface area (Å²) >= 11 is 0. The van der Waals surface area contributed by atoms with Crippen LogP contribution in [0.1, 0.15) is 93.0 Å². The minimum absolute atomic E-state index is 0.0849. The molecule has 3 rings (SSSR count). The molecule has 0 spiro atoms. The number of alkyl halides is 5. The summed E-state index contributed by atoms with van der Waals surface area (Å²) in [7, 11) is 0. The zero-order valence-corrected chi connectivity index (χ0v) is 19.0. The summed E-state index contributed by atoms with van der Waals surface area (Å²) in [6.07, 6.45) is 0.212. The highest BCUT2D eigenvalue weighted by molar-refractivity contribution is 5.89. The van der Waals surface area contributed by atoms with E-state index in [9.17, 15) is 26.7 Å². The molecule has 33 heavy (non-hydrogen) atoms. The highest BCUT2D eigenvalue weighted by Crippen LogP contribution is 2.49. The van der Waals surface area contributed by atoms with Crippen molar-refractivity contribution in [3.05, 3.63) is 35.4 Å². The van der Waals surface area contributed by atoms with Crippen LogP contribution in [0.3, 0.4) is 0 Å². The number of carbonyl (C=O) groups excluding carboxylic acids is 1. The first-order valence-corrected chi connectivity index (χ1v) is 12.0. The zero-order chi connectivity index (χ0) is 24.1. The van der Waals surface area contributed by atoms with Gasteiger partial charge in [-0.05, 0) is 81.4 Å². The molecule has 3 nitrogen and oxygen atoms in total. The van der Waals surface area contributed by atoms with E-state index in [4.69, 9.17) is 9.47 Å². The van der Waals surface area contributed by atoms with Crippen LogP contribution in [0, 0.1) is 5.92 Å². The fourth-order valence-corrected chi connectivity index (χ4v) is 4.84. The monoisotopic (exact) mass is 476 g/mol. The number of unbranched alkanes of at least 4 members (excludes halogenated alkanes) is 1. The molecule has 8 heteroatoms. The Hall–Kier alpha value is -1.70. The Kier molecular flexibility index (Phi) is 8.76. The third-order valence-electron chi connectivity index (χ3n) is 6.98. The standard InChI is InChI=1S/C25H33F5O3/c1-2-3-16-32-21-12-14-22(15-13-21)33-23(31)19-6-4-17(5-7-19)18-8-10-20(11-9-18)24(26,27)25(28,29)30/h4-7,18,20-22H,2-3,8-16H2,1H3. The van der Waals surface area contributed by atoms with Crippen LogP contribution in [-0.2, 0) is 9.47 Å². The number of ether oxygens (including phenoxy) is 2. The normalized spacial score (nSPS) is 26.7. The van der Waals surface area contributed by atoms with E-state index in [1.54, 1.807) is 24.3 Å². The van der Waals surface area contributed by atoms with Crippen LogP contribution >= 0.6 is 0 Å². The van der Waals surface area contributed by atoms with Crippen molar-refractivity contribution < 1.29 is 36.2 Å². The maximum absolute atomic E-state index is 13.6. The van der Waals surface area contributed by atoms with E-state index in [1.165, 1.54) is 0 Å². The molecule has 2 aliphatic carbocycles. The van der Waals surface area contributed by atoms with Crippen molar-refractivity contribution in [1.29, 1.82) is 0 Å². The van der Waals surface area contributed by atoms with Gasteiger partial charge in [0.15, 0.2) is 0 Å². The van der Waals surface area contributed by atoms with E-state index >= 15 is 0 Å². The Morgan fingerprint density at radius 3 is 2.00 bits per heavy atom. The lowest BCUT2D eigenvalue weighted by molar-refractivity contribution is -0.305. The van der Waals surface area contributed by atoms with Crippen molar-refractivity contribution in [2.24, 2.45) is 5.92 Å². The number of hydrogen-bond donors (Lipinski definition) is 0. The number of carbonyl (C=O) groups is 1. The molecule has 2 aliphatic rings. The molecule has 0 saturated heterocycles. The highest BCUT2D eigenvalue weighted by atomic mass is 19.4. The van der Waals surface area contributed by atoms with Gasteiger partial charge in [0.1, 0.15) is 6.10 Å². The second-order valence-electron chi connectivity index (χ2n) is 9.32. The molecule has 0 aromatic heterocycles. The quantitative estimate of drug-likeness (QED) is 0.222. The molecule has 0 radical (unpaired) electrons. The second kappa shape index (κ2) is 11.2. The number of halogens is 5. The Balaban J connectivity index is 1.45. The fraction of sp³-hybridized carbons (Fsp3) is 0.720. The summed E-state index contributed by atoms with van der Waals surface area (Å²) in [4.78, 5) is 12.5. The van der Waals surface area contributed by atoms with Gasteiger partial charge in [-0.2, -0.15) is 22.0 Å². The van der Waals surface area contributed by atoms with Gasteiger partial charge in [-0.3, -0.25) is 0 Å². The predicted octanol–water partition coefficient (Wildman–Crippen LogP) is 7.44. The van der Waals surface area contributed by atoms with E-state index in [2.05, 4.69) is 6.92 Å². The zero-order valence-electron chi connectivity index (χ0n) is 19.0.